The summed E-state index contributed by atoms with van der Waals surface area (Å²) in [6.07, 6.45) is 4.17. The molecule has 1 heterocycles. The highest BCUT2D eigenvalue weighted by atomic mass is 16.1. The quantitative estimate of drug-likeness (QED) is 0.665. The zero-order chi connectivity index (χ0) is 13.2. The lowest BCUT2D eigenvalue weighted by atomic mass is 10.2. The number of carbonyl (C=O) groups excluding carboxylic acids is 1. The zero-order valence-corrected chi connectivity index (χ0v) is 12.1. The Hall–Kier alpha value is -0.610. The molecule has 4 heteroatoms. The van der Waals surface area contributed by atoms with E-state index >= 15 is 0 Å². The molecule has 1 aliphatic rings. The van der Waals surface area contributed by atoms with Crippen molar-refractivity contribution in [3.63, 3.8) is 0 Å². The summed E-state index contributed by atoms with van der Waals surface area (Å²) in [5, 5.41) is 3.00. The third-order valence-electron chi connectivity index (χ3n) is 3.67. The van der Waals surface area contributed by atoms with E-state index < -0.39 is 0 Å². The molecule has 18 heavy (non-hydrogen) atoms. The van der Waals surface area contributed by atoms with E-state index in [1.54, 1.807) is 0 Å². The summed E-state index contributed by atoms with van der Waals surface area (Å²) >= 11 is 0. The van der Waals surface area contributed by atoms with Crippen molar-refractivity contribution < 1.29 is 4.79 Å². The van der Waals surface area contributed by atoms with E-state index in [1.807, 2.05) is 0 Å². The van der Waals surface area contributed by atoms with Crippen molar-refractivity contribution in [3.8, 4) is 0 Å². The van der Waals surface area contributed by atoms with Crippen molar-refractivity contribution in [3.05, 3.63) is 0 Å². The molecule has 1 fully saturated rings. The first kappa shape index (κ1) is 15.4. The van der Waals surface area contributed by atoms with Crippen LogP contribution in [0.5, 0.6) is 0 Å². The summed E-state index contributed by atoms with van der Waals surface area (Å²) in [6, 6.07) is 0. The van der Waals surface area contributed by atoms with Gasteiger partial charge in [0.2, 0.25) is 5.91 Å². The first-order valence-electron chi connectivity index (χ1n) is 7.47. The normalized spacial score (nSPS) is 17.9. The van der Waals surface area contributed by atoms with Gasteiger partial charge in [-0.1, -0.05) is 26.7 Å². The fraction of sp³-hybridized carbons (Fsp3) is 0.929. The summed E-state index contributed by atoms with van der Waals surface area (Å²) < 4.78 is 0. The number of rotatable bonds is 8. The minimum atomic E-state index is 0.212. The van der Waals surface area contributed by atoms with Crippen LogP contribution in [0.4, 0.5) is 0 Å². The highest BCUT2D eigenvalue weighted by Crippen LogP contribution is 2.01. The van der Waals surface area contributed by atoms with E-state index in [0.717, 1.165) is 52.2 Å². The summed E-state index contributed by atoms with van der Waals surface area (Å²) in [6.45, 7) is 11.8. The topological polar surface area (TPSA) is 35.6 Å². The van der Waals surface area contributed by atoms with Gasteiger partial charge in [0.15, 0.2) is 0 Å². The van der Waals surface area contributed by atoms with Crippen molar-refractivity contribution in [2.45, 2.75) is 39.5 Å². The number of nitrogens with zero attached hydrogens (tertiary/aromatic N) is 2. The Morgan fingerprint density at radius 1 is 1.06 bits per heavy atom. The molecule has 1 N–H and O–H groups in total. The van der Waals surface area contributed by atoms with Gasteiger partial charge in [0.1, 0.15) is 0 Å². The van der Waals surface area contributed by atoms with Gasteiger partial charge in [-0.15, -0.1) is 0 Å². The standard InChI is InChI=1S/C14H29N3O/c1-3-5-6-8-15-14(18)7-9-17-12-10-16(4-2)11-13-17/h3-13H2,1-2H3,(H,15,18). The number of nitrogens with one attached hydrogen (secondary N) is 1. The number of unbranched alkanes of at least 4 members (excludes halogenated alkanes) is 2. The van der Waals surface area contributed by atoms with E-state index in [0.29, 0.717) is 6.42 Å². The van der Waals surface area contributed by atoms with Crippen LogP contribution in [-0.2, 0) is 4.79 Å². The second kappa shape index (κ2) is 9.34. The molecule has 0 atom stereocenters. The van der Waals surface area contributed by atoms with Crippen molar-refractivity contribution in [1.82, 2.24) is 15.1 Å². The van der Waals surface area contributed by atoms with Gasteiger partial charge in [0, 0.05) is 45.7 Å². The van der Waals surface area contributed by atoms with Gasteiger partial charge in [-0.25, -0.2) is 0 Å². The molecule has 1 saturated heterocycles. The lowest BCUT2D eigenvalue weighted by molar-refractivity contribution is -0.121. The lowest BCUT2D eigenvalue weighted by Crippen LogP contribution is -2.46. The molecule has 0 aromatic heterocycles. The molecular weight excluding hydrogens is 226 g/mol. The van der Waals surface area contributed by atoms with Crippen LogP contribution < -0.4 is 5.32 Å². The Labute approximate surface area is 112 Å². The second-order valence-corrected chi connectivity index (χ2v) is 5.08. The molecule has 1 amide bonds. The average molecular weight is 255 g/mol. The fourth-order valence-corrected chi connectivity index (χ4v) is 2.28. The Morgan fingerprint density at radius 2 is 1.72 bits per heavy atom. The van der Waals surface area contributed by atoms with Gasteiger partial charge in [-0.2, -0.15) is 0 Å². The van der Waals surface area contributed by atoms with Crippen LogP contribution in [0.25, 0.3) is 0 Å². The van der Waals surface area contributed by atoms with Crippen LogP contribution in [0.3, 0.4) is 0 Å². The molecule has 0 saturated carbocycles. The number of hydrogen-bond donors (Lipinski definition) is 1. The van der Waals surface area contributed by atoms with Crippen molar-refractivity contribution in [1.29, 1.82) is 0 Å². The van der Waals surface area contributed by atoms with Gasteiger partial charge in [-0.3, -0.25) is 4.79 Å². The van der Waals surface area contributed by atoms with Gasteiger partial charge in [-0.05, 0) is 13.0 Å². The fourth-order valence-electron chi connectivity index (χ4n) is 2.28. The summed E-state index contributed by atoms with van der Waals surface area (Å²) in [5.74, 6) is 0.212. The third-order valence-corrected chi connectivity index (χ3v) is 3.67. The smallest absolute Gasteiger partial charge is 0.221 e. The van der Waals surface area contributed by atoms with E-state index in [9.17, 15) is 4.79 Å². The van der Waals surface area contributed by atoms with E-state index in [2.05, 4.69) is 29.0 Å². The molecular formula is C14H29N3O. The van der Waals surface area contributed by atoms with Crippen molar-refractivity contribution >= 4 is 5.91 Å². The van der Waals surface area contributed by atoms with Gasteiger partial charge < -0.3 is 15.1 Å². The molecule has 0 aromatic rings. The molecule has 4 nitrogen and oxygen atoms in total. The first-order valence-corrected chi connectivity index (χ1v) is 7.47. The largest absolute Gasteiger partial charge is 0.356 e. The monoisotopic (exact) mass is 255 g/mol. The molecule has 106 valence electrons. The van der Waals surface area contributed by atoms with Crippen LogP contribution >= 0.6 is 0 Å². The number of hydrogen-bond acceptors (Lipinski definition) is 3. The van der Waals surface area contributed by atoms with Crippen LogP contribution in [-0.4, -0.2) is 61.5 Å². The summed E-state index contributed by atoms with van der Waals surface area (Å²) in [5.41, 5.74) is 0. The lowest BCUT2D eigenvalue weighted by Gasteiger charge is -2.33. The van der Waals surface area contributed by atoms with Crippen LogP contribution in [0.1, 0.15) is 39.5 Å². The number of likely N-dealkylation sites (N-methyl/N-ethyl adjacent to an activating group) is 1. The van der Waals surface area contributed by atoms with Gasteiger partial charge >= 0.3 is 0 Å². The minimum absolute atomic E-state index is 0.212. The Balaban J connectivity index is 2.01. The number of amides is 1. The molecule has 0 bridgehead atoms. The molecule has 0 aromatic carbocycles. The Bertz CT molecular complexity index is 225. The maximum absolute atomic E-state index is 11.6. The van der Waals surface area contributed by atoms with E-state index in [1.165, 1.54) is 12.8 Å². The third kappa shape index (κ3) is 6.36. The maximum Gasteiger partial charge on any atom is 0.221 e. The predicted molar refractivity (Wildman–Crippen MR) is 75.7 cm³/mol. The first-order chi connectivity index (χ1) is 8.76. The van der Waals surface area contributed by atoms with Crippen LogP contribution in [0, 0.1) is 0 Å². The number of carbonyl (C=O) groups is 1. The molecule has 0 radical (unpaired) electrons. The Kier molecular flexibility index (Phi) is 8.01. The molecule has 1 rings (SSSR count). The molecule has 1 aliphatic heterocycles. The van der Waals surface area contributed by atoms with Crippen LogP contribution in [0.2, 0.25) is 0 Å². The SMILES string of the molecule is CCCCCNC(=O)CCN1CCN(CC)CC1. The average Bonchev–Trinajstić information content (AvgIpc) is 2.42. The van der Waals surface area contributed by atoms with Gasteiger partial charge in [0.25, 0.3) is 0 Å². The summed E-state index contributed by atoms with van der Waals surface area (Å²) in [4.78, 5) is 16.5. The highest BCUT2D eigenvalue weighted by Gasteiger charge is 2.15. The maximum atomic E-state index is 11.6. The van der Waals surface area contributed by atoms with Crippen molar-refractivity contribution in [2.75, 3.05) is 45.8 Å². The zero-order valence-electron chi connectivity index (χ0n) is 12.1. The second-order valence-electron chi connectivity index (χ2n) is 5.08. The highest BCUT2D eigenvalue weighted by molar-refractivity contribution is 5.75. The minimum Gasteiger partial charge on any atom is -0.356 e. The molecule has 0 unspecified atom stereocenters. The van der Waals surface area contributed by atoms with Gasteiger partial charge in [0.05, 0.1) is 0 Å². The van der Waals surface area contributed by atoms with Crippen LogP contribution in [0.15, 0.2) is 0 Å². The number of piperazine rings is 1. The molecule has 0 aliphatic carbocycles. The van der Waals surface area contributed by atoms with E-state index in [4.69, 9.17) is 0 Å². The summed E-state index contributed by atoms with van der Waals surface area (Å²) in [7, 11) is 0. The predicted octanol–water partition coefficient (Wildman–Crippen LogP) is 1.32. The van der Waals surface area contributed by atoms with E-state index in [-0.39, 0.29) is 5.91 Å². The molecule has 0 spiro atoms. The Morgan fingerprint density at radius 3 is 2.33 bits per heavy atom. The van der Waals surface area contributed by atoms with Crippen molar-refractivity contribution in [2.24, 2.45) is 0 Å².